The fourth-order valence-electron chi connectivity index (χ4n) is 1.57. The molecule has 0 atom stereocenters. The number of ether oxygens (including phenoxy) is 1. The van der Waals surface area contributed by atoms with Crippen molar-refractivity contribution in [1.29, 1.82) is 0 Å². The molecule has 2 aromatic rings. The zero-order valence-electron chi connectivity index (χ0n) is 9.50. The lowest BCUT2D eigenvalue weighted by atomic mass is 10.1. The van der Waals surface area contributed by atoms with Crippen molar-refractivity contribution < 1.29 is 4.74 Å². The van der Waals surface area contributed by atoms with Gasteiger partial charge >= 0.3 is 0 Å². The van der Waals surface area contributed by atoms with Crippen LogP contribution < -0.4 is 4.74 Å². The first kappa shape index (κ1) is 12.2. The minimum atomic E-state index is 0.618. The monoisotopic (exact) mass is 267 g/mol. The summed E-state index contributed by atoms with van der Waals surface area (Å²) >= 11 is 12.1. The summed E-state index contributed by atoms with van der Waals surface area (Å²) in [5.74, 6) is 0.783. The van der Waals surface area contributed by atoms with Gasteiger partial charge < -0.3 is 4.74 Å². The lowest BCUT2D eigenvalue weighted by Gasteiger charge is -2.08. The van der Waals surface area contributed by atoms with Crippen LogP contribution in [-0.2, 0) is 0 Å². The van der Waals surface area contributed by atoms with Crippen LogP contribution in [0.4, 0.5) is 0 Å². The Morgan fingerprint density at radius 1 is 1.18 bits per heavy atom. The van der Waals surface area contributed by atoms with Crippen molar-refractivity contribution in [2.45, 2.75) is 6.92 Å². The van der Waals surface area contributed by atoms with E-state index >= 15 is 0 Å². The molecule has 0 aliphatic carbocycles. The van der Waals surface area contributed by atoms with Crippen LogP contribution in [0.2, 0.25) is 10.0 Å². The van der Waals surface area contributed by atoms with Crippen molar-refractivity contribution in [3.8, 4) is 17.0 Å². The standard InChI is InChI=1S/C13H11Cl2NO/c1-8-7-16-12(6-13(8)17-2)10-5-9(14)3-4-11(10)15/h3-7H,1-2H3. The summed E-state index contributed by atoms with van der Waals surface area (Å²) in [6, 6.07) is 7.15. The molecule has 0 saturated carbocycles. The van der Waals surface area contributed by atoms with Crippen molar-refractivity contribution in [1.82, 2.24) is 4.98 Å². The minimum absolute atomic E-state index is 0.618. The minimum Gasteiger partial charge on any atom is -0.496 e. The van der Waals surface area contributed by atoms with E-state index in [4.69, 9.17) is 27.9 Å². The lowest BCUT2D eigenvalue weighted by Crippen LogP contribution is -1.91. The maximum Gasteiger partial charge on any atom is 0.125 e. The second kappa shape index (κ2) is 4.94. The third-order valence-electron chi connectivity index (χ3n) is 2.48. The summed E-state index contributed by atoms with van der Waals surface area (Å²) in [6.07, 6.45) is 1.76. The highest BCUT2D eigenvalue weighted by molar-refractivity contribution is 6.35. The molecule has 88 valence electrons. The largest absolute Gasteiger partial charge is 0.496 e. The van der Waals surface area contributed by atoms with Gasteiger partial charge in [-0.05, 0) is 25.1 Å². The van der Waals surface area contributed by atoms with E-state index in [2.05, 4.69) is 4.98 Å². The van der Waals surface area contributed by atoms with Crippen LogP contribution in [0, 0.1) is 6.92 Å². The Hall–Kier alpha value is -1.25. The summed E-state index contributed by atoms with van der Waals surface area (Å²) in [5.41, 5.74) is 2.53. The molecule has 0 amide bonds. The van der Waals surface area contributed by atoms with Gasteiger partial charge in [-0.2, -0.15) is 0 Å². The van der Waals surface area contributed by atoms with E-state index in [0.29, 0.717) is 10.0 Å². The van der Waals surface area contributed by atoms with Gasteiger partial charge in [0, 0.05) is 28.4 Å². The number of halogens is 2. The molecule has 4 heteroatoms. The molecule has 0 aliphatic rings. The molecule has 0 N–H and O–H groups in total. The topological polar surface area (TPSA) is 22.1 Å². The molecular weight excluding hydrogens is 257 g/mol. The number of hydrogen-bond acceptors (Lipinski definition) is 2. The van der Waals surface area contributed by atoms with Crippen molar-refractivity contribution in [3.63, 3.8) is 0 Å². The Labute approximate surface area is 110 Å². The van der Waals surface area contributed by atoms with E-state index in [1.807, 2.05) is 13.0 Å². The maximum atomic E-state index is 6.13. The van der Waals surface area contributed by atoms with E-state index in [1.54, 1.807) is 31.5 Å². The van der Waals surface area contributed by atoms with Gasteiger partial charge in [-0.15, -0.1) is 0 Å². The van der Waals surface area contributed by atoms with Crippen LogP contribution in [0.1, 0.15) is 5.56 Å². The molecule has 0 radical (unpaired) electrons. The predicted molar refractivity (Wildman–Crippen MR) is 71.0 cm³/mol. The number of hydrogen-bond donors (Lipinski definition) is 0. The van der Waals surface area contributed by atoms with Crippen LogP contribution in [0.15, 0.2) is 30.5 Å². The summed E-state index contributed by atoms with van der Waals surface area (Å²) in [6.45, 7) is 1.94. The molecule has 0 unspecified atom stereocenters. The van der Waals surface area contributed by atoms with E-state index in [0.717, 1.165) is 22.6 Å². The van der Waals surface area contributed by atoms with Gasteiger partial charge in [0.2, 0.25) is 0 Å². The van der Waals surface area contributed by atoms with Crippen LogP contribution in [-0.4, -0.2) is 12.1 Å². The highest BCUT2D eigenvalue weighted by atomic mass is 35.5. The third kappa shape index (κ3) is 2.54. The number of rotatable bonds is 2. The molecule has 1 aromatic heterocycles. The highest BCUT2D eigenvalue weighted by Crippen LogP contribution is 2.31. The van der Waals surface area contributed by atoms with Gasteiger partial charge in [-0.25, -0.2) is 0 Å². The smallest absolute Gasteiger partial charge is 0.125 e. The normalized spacial score (nSPS) is 10.4. The number of nitrogens with zero attached hydrogens (tertiary/aromatic N) is 1. The van der Waals surface area contributed by atoms with Crippen LogP contribution in [0.25, 0.3) is 11.3 Å². The average molecular weight is 268 g/mol. The zero-order valence-corrected chi connectivity index (χ0v) is 11.0. The fraction of sp³-hybridized carbons (Fsp3) is 0.154. The molecule has 0 spiro atoms. The van der Waals surface area contributed by atoms with Gasteiger partial charge in [0.25, 0.3) is 0 Å². The number of pyridine rings is 1. The van der Waals surface area contributed by atoms with E-state index in [1.165, 1.54) is 0 Å². The van der Waals surface area contributed by atoms with Crippen molar-refractivity contribution in [2.24, 2.45) is 0 Å². The molecule has 2 rings (SSSR count). The zero-order chi connectivity index (χ0) is 12.4. The maximum absolute atomic E-state index is 6.13. The first-order valence-electron chi connectivity index (χ1n) is 5.08. The predicted octanol–water partition coefficient (Wildman–Crippen LogP) is 4.37. The number of aromatic nitrogens is 1. The molecule has 0 aliphatic heterocycles. The summed E-state index contributed by atoms with van der Waals surface area (Å²) in [4.78, 5) is 4.34. The van der Waals surface area contributed by atoms with E-state index < -0.39 is 0 Å². The number of benzene rings is 1. The fourth-order valence-corrected chi connectivity index (χ4v) is 1.95. The Balaban J connectivity index is 2.56. The Morgan fingerprint density at radius 3 is 2.65 bits per heavy atom. The number of methoxy groups -OCH3 is 1. The second-order valence-corrected chi connectivity index (χ2v) is 4.51. The molecule has 0 bridgehead atoms. The Morgan fingerprint density at radius 2 is 1.94 bits per heavy atom. The highest BCUT2D eigenvalue weighted by Gasteiger charge is 2.08. The van der Waals surface area contributed by atoms with Gasteiger partial charge in [0.1, 0.15) is 5.75 Å². The quantitative estimate of drug-likeness (QED) is 0.806. The molecule has 2 nitrogen and oxygen atoms in total. The van der Waals surface area contributed by atoms with Gasteiger partial charge in [0.15, 0.2) is 0 Å². The molecule has 0 saturated heterocycles. The molecule has 0 fully saturated rings. The SMILES string of the molecule is COc1cc(-c2cc(Cl)ccc2Cl)ncc1C. The molecule has 17 heavy (non-hydrogen) atoms. The summed E-state index contributed by atoms with van der Waals surface area (Å²) < 4.78 is 5.26. The lowest BCUT2D eigenvalue weighted by molar-refractivity contribution is 0.411. The first-order valence-corrected chi connectivity index (χ1v) is 5.83. The molecule has 1 aromatic carbocycles. The molecule has 1 heterocycles. The van der Waals surface area contributed by atoms with Crippen molar-refractivity contribution >= 4 is 23.2 Å². The Kier molecular flexibility index (Phi) is 3.55. The molecular formula is C13H11Cl2NO. The Bertz CT molecular complexity index is 555. The van der Waals surface area contributed by atoms with E-state index in [-0.39, 0.29) is 0 Å². The first-order chi connectivity index (χ1) is 8.11. The number of aryl methyl sites for hydroxylation is 1. The summed E-state index contributed by atoms with van der Waals surface area (Å²) in [5, 5.41) is 1.25. The average Bonchev–Trinajstić information content (AvgIpc) is 2.33. The van der Waals surface area contributed by atoms with Crippen molar-refractivity contribution in [3.05, 3.63) is 46.1 Å². The van der Waals surface area contributed by atoms with Crippen molar-refractivity contribution in [2.75, 3.05) is 7.11 Å². The van der Waals surface area contributed by atoms with Crippen LogP contribution in [0.5, 0.6) is 5.75 Å². The second-order valence-electron chi connectivity index (χ2n) is 3.66. The van der Waals surface area contributed by atoms with Crippen LogP contribution >= 0.6 is 23.2 Å². The third-order valence-corrected chi connectivity index (χ3v) is 3.04. The summed E-state index contributed by atoms with van der Waals surface area (Å²) in [7, 11) is 1.63. The van der Waals surface area contributed by atoms with Gasteiger partial charge in [-0.1, -0.05) is 23.2 Å². The van der Waals surface area contributed by atoms with E-state index in [9.17, 15) is 0 Å². The van der Waals surface area contributed by atoms with Crippen LogP contribution in [0.3, 0.4) is 0 Å². The van der Waals surface area contributed by atoms with Gasteiger partial charge in [0.05, 0.1) is 17.8 Å². The van der Waals surface area contributed by atoms with Gasteiger partial charge in [-0.3, -0.25) is 4.98 Å².